The van der Waals surface area contributed by atoms with Gasteiger partial charge in [-0.15, -0.1) is 0 Å². The summed E-state index contributed by atoms with van der Waals surface area (Å²) >= 11 is 0. The van der Waals surface area contributed by atoms with Gasteiger partial charge in [-0.25, -0.2) is 0 Å². The van der Waals surface area contributed by atoms with Crippen LogP contribution in [0.1, 0.15) is 46.5 Å². The van der Waals surface area contributed by atoms with Crippen LogP contribution in [0, 0.1) is 11.3 Å². The van der Waals surface area contributed by atoms with Gasteiger partial charge in [-0.1, -0.05) is 27.2 Å². The summed E-state index contributed by atoms with van der Waals surface area (Å²) in [6, 6.07) is 0.199. The Balaban J connectivity index is 2.29. The molecule has 0 saturated heterocycles. The second-order valence-corrected chi connectivity index (χ2v) is 5.75. The summed E-state index contributed by atoms with van der Waals surface area (Å²) in [6.45, 7) is 7.55. The molecule has 3 heteroatoms. The molecule has 0 aromatic carbocycles. The molecule has 0 heterocycles. The average Bonchev–Trinajstić information content (AvgIpc) is 2.49. The Hall–Kier alpha value is -0.570. The maximum absolute atomic E-state index is 10.9. The van der Waals surface area contributed by atoms with Crippen molar-refractivity contribution in [1.82, 2.24) is 5.32 Å². The van der Waals surface area contributed by atoms with Gasteiger partial charge in [0.25, 0.3) is 0 Å². The second-order valence-electron chi connectivity index (χ2n) is 5.75. The minimum Gasteiger partial charge on any atom is -0.481 e. The molecule has 2 N–H and O–H groups in total. The number of rotatable bonds is 4. The lowest BCUT2D eigenvalue weighted by Gasteiger charge is -2.22. The maximum Gasteiger partial charge on any atom is 0.308 e. The Morgan fingerprint density at radius 2 is 2.07 bits per heavy atom. The van der Waals surface area contributed by atoms with E-state index in [-0.39, 0.29) is 12.0 Å². The van der Waals surface area contributed by atoms with Gasteiger partial charge in [0.1, 0.15) is 0 Å². The van der Waals surface area contributed by atoms with Crippen LogP contribution in [0.2, 0.25) is 0 Å². The molecule has 15 heavy (non-hydrogen) atoms. The Bertz CT molecular complexity index is 220. The second kappa shape index (κ2) is 4.97. The van der Waals surface area contributed by atoms with Crippen LogP contribution in [-0.4, -0.2) is 23.7 Å². The van der Waals surface area contributed by atoms with Crippen LogP contribution >= 0.6 is 0 Å². The van der Waals surface area contributed by atoms with Crippen LogP contribution in [0.5, 0.6) is 0 Å². The molecule has 0 unspecified atom stereocenters. The molecule has 0 bridgehead atoms. The summed E-state index contributed by atoms with van der Waals surface area (Å²) in [6.07, 6.45) is 3.99. The highest BCUT2D eigenvalue weighted by Gasteiger charge is 2.32. The molecule has 0 aromatic heterocycles. The number of carboxylic acids is 1. The minimum absolute atomic E-state index is 0.162. The van der Waals surface area contributed by atoms with Gasteiger partial charge in [0.15, 0.2) is 0 Å². The van der Waals surface area contributed by atoms with Crippen molar-refractivity contribution in [1.29, 1.82) is 0 Å². The summed E-state index contributed by atoms with van der Waals surface area (Å²) in [4.78, 5) is 10.9. The summed E-state index contributed by atoms with van der Waals surface area (Å²) < 4.78 is 0. The summed E-state index contributed by atoms with van der Waals surface area (Å²) in [5.74, 6) is -0.800. The van der Waals surface area contributed by atoms with E-state index in [9.17, 15) is 4.79 Å². The first-order valence-electron chi connectivity index (χ1n) is 5.86. The zero-order valence-electron chi connectivity index (χ0n) is 10.0. The number of carboxylic acid groups (broad SMARTS) is 1. The molecule has 2 atom stereocenters. The summed E-state index contributed by atoms with van der Waals surface area (Å²) in [7, 11) is 0. The normalized spacial score (nSPS) is 26.9. The molecule has 88 valence electrons. The molecule has 0 aliphatic heterocycles. The Kier molecular flexibility index (Phi) is 4.14. The van der Waals surface area contributed by atoms with E-state index in [1.807, 2.05) is 0 Å². The fourth-order valence-electron chi connectivity index (χ4n) is 2.13. The molecule has 0 aromatic rings. The molecule has 1 aliphatic rings. The van der Waals surface area contributed by atoms with Crippen molar-refractivity contribution >= 4 is 5.97 Å². The van der Waals surface area contributed by atoms with Crippen LogP contribution in [0.15, 0.2) is 0 Å². The molecule has 1 rings (SSSR count). The molecular formula is C12H23NO2. The van der Waals surface area contributed by atoms with E-state index in [0.717, 1.165) is 32.2 Å². The van der Waals surface area contributed by atoms with Crippen LogP contribution in [0.4, 0.5) is 0 Å². The molecule has 1 aliphatic carbocycles. The van der Waals surface area contributed by atoms with Crippen LogP contribution in [0.25, 0.3) is 0 Å². The molecule has 0 amide bonds. The van der Waals surface area contributed by atoms with Gasteiger partial charge >= 0.3 is 5.97 Å². The van der Waals surface area contributed by atoms with Crippen molar-refractivity contribution in [3.05, 3.63) is 0 Å². The molecular weight excluding hydrogens is 190 g/mol. The predicted molar refractivity (Wildman–Crippen MR) is 60.8 cm³/mol. The van der Waals surface area contributed by atoms with Gasteiger partial charge in [-0.3, -0.25) is 4.79 Å². The standard InChI is InChI=1S/C12H23NO2/c1-12(2,3)7-8-13-10-6-4-5-9(10)11(14)15/h9-10,13H,4-8H2,1-3H3,(H,14,15)/t9-,10+/m1/s1. The first kappa shape index (κ1) is 12.5. The van der Waals surface area contributed by atoms with Crippen molar-refractivity contribution < 1.29 is 9.90 Å². The van der Waals surface area contributed by atoms with Gasteiger partial charge in [-0.05, 0) is 31.2 Å². The maximum atomic E-state index is 10.9. The SMILES string of the molecule is CC(C)(C)CCN[C@H]1CCC[C@H]1C(=O)O. The summed E-state index contributed by atoms with van der Waals surface area (Å²) in [5, 5.41) is 12.4. The van der Waals surface area contributed by atoms with E-state index in [0.29, 0.717) is 5.41 Å². The molecule has 0 radical (unpaired) electrons. The molecule has 1 saturated carbocycles. The fourth-order valence-corrected chi connectivity index (χ4v) is 2.13. The van der Waals surface area contributed by atoms with Crippen molar-refractivity contribution in [2.24, 2.45) is 11.3 Å². The van der Waals surface area contributed by atoms with E-state index in [4.69, 9.17) is 5.11 Å². The van der Waals surface area contributed by atoms with E-state index in [2.05, 4.69) is 26.1 Å². The largest absolute Gasteiger partial charge is 0.481 e. The minimum atomic E-state index is -0.638. The first-order chi connectivity index (χ1) is 6.90. The van der Waals surface area contributed by atoms with Crippen molar-refractivity contribution in [2.75, 3.05) is 6.54 Å². The zero-order chi connectivity index (χ0) is 11.5. The highest BCUT2D eigenvalue weighted by molar-refractivity contribution is 5.71. The predicted octanol–water partition coefficient (Wildman–Crippen LogP) is 2.27. The average molecular weight is 213 g/mol. The third kappa shape index (κ3) is 4.20. The van der Waals surface area contributed by atoms with Crippen LogP contribution in [0.3, 0.4) is 0 Å². The molecule has 1 fully saturated rings. The van der Waals surface area contributed by atoms with Gasteiger partial charge in [0.2, 0.25) is 0 Å². The third-order valence-corrected chi connectivity index (χ3v) is 3.11. The number of aliphatic carboxylic acids is 1. The van der Waals surface area contributed by atoms with Crippen LogP contribution in [-0.2, 0) is 4.79 Å². The Morgan fingerprint density at radius 3 is 2.60 bits per heavy atom. The van der Waals surface area contributed by atoms with E-state index < -0.39 is 5.97 Å². The van der Waals surface area contributed by atoms with Gasteiger partial charge in [-0.2, -0.15) is 0 Å². The highest BCUT2D eigenvalue weighted by Crippen LogP contribution is 2.26. The zero-order valence-corrected chi connectivity index (χ0v) is 10.0. The van der Waals surface area contributed by atoms with Crippen LogP contribution < -0.4 is 5.32 Å². The number of carbonyl (C=O) groups is 1. The van der Waals surface area contributed by atoms with E-state index in [1.165, 1.54) is 0 Å². The van der Waals surface area contributed by atoms with E-state index in [1.54, 1.807) is 0 Å². The number of hydrogen-bond donors (Lipinski definition) is 2. The monoisotopic (exact) mass is 213 g/mol. The van der Waals surface area contributed by atoms with Gasteiger partial charge in [0.05, 0.1) is 5.92 Å². The number of nitrogens with one attached hydrogen (secondary N) is 1. The van der Waals surface area contributed by atoms with Crippen molar-refractivity contribution in [3.8, 4) is 0 Å². The molecule has 0 spiro atoms. The van der Waals surface area contributed by atoms with Crippen molar-refractivity contribution in [2.45, 2.75) is 52.5 Å². The third-order valence-electron chi connectivity index (χ3n) is 3.11. The number of hydrogen-bond acceptors (Lipinski definition) is 2. The van der Waals surface area contributed by atoms with Gasteiger partial charge in [0, 0.05) is 6.04 Å². The molecule has 3 nitrogen and oxygen atoms in total. The lowest BCUT2D eigenvalue weighted by atomic mass is 9.92. The smallest absolute Gasteiger partial charge is 0.308 e. The van der Waals surface area contributed by atoms with Gasteiger partial charge < -0.3 is 10.4 Å². The lowest BCUT2D eigenvalue weighted by Crippen LogP contribution is -2.37. The first-order valence-corrected chi connectivity index (χ1v) is 5.86. The highest BCUT2D eigenvalue weighted by atomic mass is 16.4. The quantitative estimate of drug-likeness (QED) is 0.753. The lowest BCUT2D eigenvalue weighted by molar-refractivity contribution is -0.142. The van der Waals surface area contributed by atoms with E-state index >= 15 is 0 Å². The Morgan fingerprint density at radius 1 is 1.40 bits per heavy atom. The van der Waals surface area contributed by atoms with Crippen molar-refractivity contribution in [3.63, 3.8) is 0 Å². The topological polar surface area (TPSA) is 49.3 Å². The fraction of sp³-hybridized carbons (Fsp3) is 0.917. The summed E-state index contributed by atoms with van der Waals surface area (Å²) in [5.41, 5.74) is 0.324. The Labute approximate surface area is 92.3 Å².